The molecule has 1 aromatic rings. The Morgan fingerprint density at radius 1 is 1.09 bits per heavy atom. The Labute approximate surface area is 131 Å². The van der Waals surface area contributed by atoms with Crippen molar-refractivity contribution in [2.24, 2.45) is 11.3 Å². The fraction of sp³-hybridized carbons (Fsp3) is 0.611. The third-order valence-corrected chi connectivity index (χ3v) is 5.83. The van der Waals surface area contributed by atoms with E-state index in [2.05, 4.69) is 18.2 Å². The zero-order valence-corrected chi connectivity index (χ0v) is 12.9. The summed E-state index contributed by atoms with van der Waals surface area (Å²) < 4.78 is 16.9. The molecule has 1 heterocycles. The van der Waals surface area contributed by atoms with Gasteiger partial charge in [-0.1, -0.05) is 12.1 Å². The van der Waals surface area contributed by atoms with Crippen LogP contribution in [0.2, 0.25) is 0 Å². The topological polar surface area (TPSA) is 51.5 Å². The van der Waals surface area contributed by atoms with Gasteiger partial charge < -0.3 is 14.2 Å². The quantitative estimate of drug-likeness (QED) is 0.841. The molecule has 3 aliphatic rings. The predicted octanol–water partition coefficient (Wildman–Crippen LogP) is 3.24. The minimum atomic E-state index is -0.349. The summed E-state index contributed by atoms with van der Waals surface area (Å²) in [7, 11) is 1.67. The van der Waals surface area contributed by atoms with Crippen molar-refractivity contribution in [2.75, 3.05) is 20.3 Å². The van der Waals surface area contributed by atoms with Gasteiger partial charge in [-0.3, -0.25) is 0 Å². The molecule has 0 radical (unpaired) electrons. The molecular weight excluding hydrogens is 278 g/mol. The molecule has 116 valence electrons. The van der Waals surface area contributed by atoms with Gasteiger partial charge in [0, 0.05) is 18.8 Å². The molecule has 1 saturated heterocycles. The normalized spacial score (nSPS) is 31.1. The standard InChI is InChI=1S/C18H21NO3/c1-20-14-4-2-13(3-5-14)16-15(12-19)17(16)6-8-18(9-7-17)21-10-11-22-18/h2-5,15-16H,6-11H2,1H3/t15-,16+/m1/s1. The first kappa shape index (κ1) is 14.0. The van der Waals surface area contributed by atoms with Gasteiger partial charge in [0.15, 0.2) is 5.79 Å². The van der Waals surface area contributed by atoms with Crippen molar-refractivity contribution in [1.82, 2.24) is 0 Å². The van der Waals surface area contributed by atoms with E-state index in [0.717, 1.165) is 31.4 Å². The van der Waals surface area contributed by atoms with E-state index in [1.807, 2.05) is 12.1 Å². The van der Waals surface area contributed by atoms with Gasteiger partial charge in [0.05, 0.1) is 32.3 Å². The SMILES string of the molecule is COc1ccc([C@H]2[C@@H](C#N)C23CCC2(CC3)OCCO2)cc1. The van der Waals surface area contributed by atoms with E-state index in [1.165, 1.54) is 5.56 Å². The summed E-state index contributed by atoms with van der Waals surface area (Å²) in [5.41, 5.74) is 1.39. The smallest absolute Gasteiger partial charge is 0.168 e. The van der Waals surface area contributed by atoms with Crippen LogP contribution in [0, 0.1) is 22.7 Å². The maximum absolute atomic E-state index is 9.58. The fourth-order valence-corrected chi connectivity index (χ4v) is 4.53. The lowest BCUT2D eigenvalue weighted by atomic mass is 9.79. The second-order valence-electron chi connectivity index (χ2n) is 6.70. The maximum atomic E-state index is 9.58. The monoisotopic (exact) mass is 299 g/mol. The van der Waals surface area contributed by atoms with E-state index in [9.17, 15) is 5.26 Å². The van der Waals surface area contributed by atoms with Crippen LogP contribution in [0.3, 0.4) is 0 Å². The molecule has 4 heteroatoms. The van der Waals surface area contributed by atoms with Crippen molar-refractivity contribution in [3.63, 3.8) is 0 Å². The second kappa shape index (κ2) is 4.97. The molecule has 0 N–H and O–H groups in total. The summed E-state index contributed by atoms with van der Waals surface area (Å²) in [6.07, 6.45) is 3.86. The van der Waals surface area contributed by atoms with Gasteiger partial charge in [-0.05, 0) is 36.0 Å². The van der Waals surface area contributed by atoms with Crippen LogP contribution in [0.5, 0.6) is 5.75 Å². The molecule has 22 heavy (non-hydrogen) atoms. The Hall–Kier alpha value is -1.57. The van der Waals surface area contributed by atoms with Gasteiger partial charge >= 0.3 is 0 Å². The molecule has 3 fully saturated rings. The van der Waals surface area contributed by atoms with Crippen LogP contribution >= 0.6 is 0 Å². The van der Waals surface area contributed by atoms with Crippen LogP contribution < -0.4 is 4.74 Å². The summed E-state index contributed by atoms with van der Waals surface area (Å²) >= 11 is 0. The zero-order valence-electron chi connectivity index (χ0n) is 12.9. The number of rotatable bonds is 2. The van der Waals surface area contributed by atoms with Gasteiger partial charge in [-0.2, -0.15) is 5.26 Å². The highest BCUT2D eigenvalue weighted by atomic mass is 16.7. The number of hydrogen-bond donors (Lipinski definition) is 0. The van der Waals surface area contributed by atoms with Gasteiger partial charge in [-0.25, -0.2) is 0 Å². The lowest BCUT2D eigenvalue weighted by Gasteiger charge is -2.36. The summed E-state index contributed by atoms with van der Waals surface area (Å²) in [4.78, 5) is 0. The van der Waals surface area contributed by atoms with Crippen LogP contribution in [0.4, 0.5) is 0 Å². The van der Waals surface area contributed by atoms with Crippen molar-refractivity contribution in [3.8, 4) is 11.8 Å². The minimum absolute atomic E-state index is 0.125. The molecule has 1 aromatic carbocycles. The predicted molar refractivity (Wildman–Crippen MR) is 80.4 cm³/mol. The summed E-state index contributed by atoms with van der Waals surface area (Å²) in [6.45, 7) is 1.41. The van der Waals surface area contributed by atoms with Crippen LogP contribution in [0.25, 0.3) is 0 Å². The molecule has 4 rings (SSSR count). The molecule has 0 amide bonds. The number of methoxy groups -OCH3 is 1. The lowest BCUT2D eigenvalue weighted by Crippen LogP contribution is -2.36. The Morgan fingerprint density at radius 2 is 1.73 bits per heavy atom. The fourth-order valence-electron chi connectivity index (χ4n) is 4.53. The molecule has 2 spiro atoms. The van der Waals surface area contributed by atoms with Gasteiger partial charge in [0.25, 0.3) is 0 Å². The Bertz CT molecular complexity index is 588. The number of ether oxygens (including phenoxy) is 3. The van der Waals surface area contributed by atoms with Gasteiger partial charge in [0.1, 0.15) is 5.75 Å². The lowest BCUT2D eigenvalue weighted by molar-refractivity contribution is -0.185. The third kappa shape index (κ3) is 1.96. The van der Waals surface area contributed by atoms with E-state index >= 15 is 0 Å². The Morgan fingerprint density at radius 3 is 2.27 bits per heavy atom. The van der Waals surface area contributed by atoms with E-state index < -0.39 is 0 Å². The maximum Gasteiger partial charge on any atom is 0.168 e. The Balaban J connectivity index is 1.53. The summed E-state index contributed by atoms with van der Waals surface area (Å²) in [5, 5.41) is 9.58. The first-order chi connectivity index (χ1) is 10.7. The number of nitriles is 1. The highest BCUT2D eigenvalue weighted by Gasteiger charge is 2.67. The van der Waals surface area contributed by atoms with Crippen molar-refractivity contribution < 1.29 is 14.2 Å². The zero-order chi connectivity index (χ0) is 15.2. The van der Waals surface area contributed by atoms with Crippen LogP contribution in [0.1, 0.15) is 37.2 Å². The van der Waals surface area contributed by atoms with Crippen molar-refractivity contribution in [2.45, 2.75) is 37.4 Å². The number of nitrogens with zero attached hydrogens (tertiary/aromatic N) is 1. The van der Waals surface area contributed by atoms with Crippen molar-refractivity contribution in [3.05, 3.63) is 29.8 Å². The molecule has 4 nitrogen and oxygen atoms in total. The molecule has 0 bridgehead atoms. The molecule has 2 aliphatic carbocycles. The van der Waals surface area contributed by atoms with E-state index in [4.69, 9.17) is 14.2 Å². The van der Waals surface area contributed by atoms with Crippen LogP contribution in [0.15, 0.2) is 24.3 Å². The average Bonchev–Trinajstić information content (AvgIpc) is 2.95. The van der Waals surface area contributed by atoms with Gasteiger partial charge in [-0.15, -0.1) is 0 Å². The summed E-state index contributed by atoms with van der Waals surface area (Å²) in [6, 6.07) is 10.7. The van der Waals surface area contributed by atoms with E-state index in [1.54, 1.807) is 7.11 Å². The minimum Gasteiger partial charge on any atom is -0.497 e. The highest BCUT2D eigenvalue weighted by molar-refractivity contribution is 5.40. The molecule has 1 aliphatic heterocycles. The van der Waals surface area contributed by atoms with Crippen LogP contribution in [-0.2, 0) is 9.47 Å². The van der Waals surface area contributed by atoms with Crippen molar-refractivity contribution >= 4 is 0 Å². The van der Waals surface area contributed by atoms with E-state index in [0.29, 0.717) is 19.1 Å². The largest absolute Gasteiger partial charge is 0.497 e. The average molecular weight is 299 g/mol. The van der Waals surface area contributed by atoms with Crippen LogP contribution in [-0.4, -0.2) is 26.1 Å². The molecule has 0 unspecified atom stereocenters. The number of hydrogen-bond acceptors (Lipinski definition) is 4. The van der Waals surface area contributed by atoms with E-state index in [-0.39, 0.29) is 17.1 Å². The van der Waals surface area contributed by atoms with Gasteiger partial charge in [0.2, 0.25) is 0 Å². The Kier molecular flexibility index (Phi) is 3.18. The summed E-state index contributed by atoms with van der Waals surface area (Å²) in [5.74, 6) is 0.988. The van der Waals surface area contributed by atoms with Crippen molar-refractivity contribution in [1.29, 1.82) is 5.26 Å². The number of benzene rings is 1. The molecule has 0 aromatic heterocycles. The molecular formula is C18H21NO3. The second-order valence-corrected chi connectivity index (χ2v) is 6.70. The third-order valence-electron chi connectivity index (χ3n) is 5.83. The molecule has 2 saturated carbocycles. The highest BCUT2D eigenvalue weighted by Crippen LogP contribution is 2.72. The first-order valence-corrected chi connectivity index (χ1v) is 8.05. The first-order valence-electron chi connectivity index (χ1n) is 8.05. The molecule has 2 atom stereocenters.